The van der Waals surface area contributed by atoms with E-state index < -0.39 is 0 Å². The van der Waals surface area contributed by atoms with E-state index >= 15 is 0 Å². The molecule has 0 aliphatic carbocycles. The van der Waals surface area contributed by atoms with Crippen LogP contribution in [-0.4, -0.2) is 31.4 Å². The van der Waals surface area contributed by atoms with Gasteiger partial charge < -0.3 is 9.88 Å². The molecule has 0 aliphatic rings. The Labute approximate surface area is 193 Å². The van der Waals surface area contributed by atoms with Crippen LogP contribution >= 0.6 is 34.9 Å². The van der Waals surface area contributed by atoms with E-state index in [9.17, 15) is 4.79 Å². The molecule has 1 amide bonds. The van der Waals surface area contributed by atoms with Crippen LogP contribution in [0.5, 0.6) is 0 Å². The molecule has 0 radical (unpaired) electrons. The summed E-state index contributed by atoms with van der Waals surface area (Å²) >= 11 is 4.78. The number of carbonyl (C=O) groups excluding carboxylic acids is 1. The molecule has 0 fully saturated rings. The summed E-state index contributed by atoms with van der Waals surface area (Å²) < 4.78 is 4.28. The Hall–Kier alpha value is -2.36. The Morgan fingerprint density at radius 2 is 1.90 bits per heavy atom. The van der Waals surface area contributed by atoms with E-state index in [1.165, 1.54) is 22.0 Å². The average Bonchev–Trinajstić information content (AvgIpc) is 3.38. The molecule has 0 bridgehead atoms. The predicted octanol–water partition coefficient (Wildman–Crippen LogP) is 4.92. The Bertz CT molecular complexity index is 1140. The molecule has 2 heterocycles. The van der Waals surface area contributed by atoms with Crippen LogP contribution in [0.2, 0.25) is 0 Å². The van der Waals surface area contributed by atoms with Gasteiger partial charge in [0.05, 0.1) is 21.7 Å². The van der Waals surface area contributed by atoms with Gasteiger partial charge in [-0.05, 0) is 31.5 Å². The van der Waals surface area contributed by atoms with Gasteiger partial charge in [-0.3, -0.25) is 4.79 Å². The number of rotatable bonds is 9. The molecule has 9 heteroatoms. The first-order valence-electron chi connectivity index (χ1n) is 9.98. The maximum atomic E-state index is 12.3. The summed E-state index contributed by atoms with van der Waals surface area (Å²) in [5.74, 6) is 1.89. The second-order valence-electron chi connectivity index (χ2n) is 6.93. The van der Waals surface area contributed by atoms with Crippen LogP contribution in [0.3, 0.4) is 0 Å². The number of hydrogen-bond acceptors (Lipinski definition) is 7. The van der Waals surface area contributed by atoms with Gasteiger partial charge >= 0.3 is 0 Å². The fraction of sp³-hybridized carbons (Fsp3) is 0.273. The van der Waals surface area contributed by atoms with Crippen LogP contribution in [0.15, 0.2) is 58.0 Å². The molecule has 6 nitrogen and oxygen atoms in total. The zero-order valence-electron chi connectivity index (χ0n) is 17.4. The molecule has 2 aromatic heterocycles. The molecule has 0 unspecified atom stereocenters. The minimum Gasteiger partial charge on any atom is -0.351 e. The highest BCUT2D eigenvalue weighted by Crippen LogP contribution is 2.31. The number of fused-ring (bicyclic) bond motifs is 1. The second kappa shape index (κ2) is 10.3. The van der Waals surface area contributed by atoms with Crippen molar-refractivity contribution in [2.45, 2.75) is 42.2 Å². The maximum absolute atomic E-state index is 12.3. The summed E-state index contributed by atoms with van der Waals surface area (Å²) in [6.45, 7) is 5.41. The standard InChI is InChI=1S/C22H23N5OS3/c1-3-27-19(13-30-22-24-17-6-4-5-7-18(17)31-22)25-26-21(27)29-14-20(28)23-12-16-10-8-15(2)9-11-16/h4-11H,3,12-14H2,1-2H3,(H,23,28). The molecule has 2 aromatic carbocycles. The van der Waals surface area contributed by atoms with Crippen molar-refractivity contribution in [2.75, 3.05) is 5.75 Å². The summed E-state index contributed by atoms with van der Waals surface area (Å²) in [5.41, 5.74) is 3.33. The van der Waals surface area contributed by atoms with Gasteiger partial charge in [-0.15, -0.1) is 21.5 Å². The number of thiazole rings is 1. The van der Waals surface area contributed by atoms with E-state index in [1.54, 1.807) is 23.1 Å². The van der Waals surface area contributed by atoms with E-state index in [-0.39, 0.29) is 5.91 Å². The number of aromatic nitrogens is 4. The average molecular weight is 470 g/mol. The number of benzene rings is 2. The highest BCUT2D eigenvalue weighted by Gasteiger charge is 2.14. The van der Waals surface area contributed by atoms with Gasteiger partial charge in [0.2, 0.25) is 5.91 Å². The van der Waals surface area contributed by atoms with Crippen LogP contribution in [0, 0.1) is 6.92 Å². The molecule has 4 rings (SSSR count). The quantitative estimate of drug-likeness (QED) is 0.351. The van der Waals surface area contributed by atoms with Crippen LogP contribution in [0.1, 0.15) is 23.9 Å². The number of hydrogen-bond donors (Lipinski definition) is 1. The maximum Gasteiger partial charge on any atom is 0.230 e. The number of nitrogens with zero attached hydrogens (tertiary/aromatic N) is 4. The van der Waals surface area contributed by atoms with E-state index in [1.807, 2.05) is 42.5 Å². The van der Waals surface area contributed by atoms with Gasteiger partial charge in [0, 0.05) is 13.1 Å². The predicted molar refractivity (Wildman–Crippen MR) is 129 cm³/mol. The van der Waals surface area contributed by atoms with Crippen LogP contribution < -0.4 is 5.32 Å². The van der Waals surface area contributed by atoms with Crippen molar-refractivity contribution < 1.29 is 4.79 Å². The fourth-order valence-electron chi connectivity index (χ4n) is 2.98. The lowest BCUT2D eigenvalue weighted by Crippen LogP contribution is -2.24. The third-order valence-corrected chi connectivity index (χ3v) is 7.79. The molecule has 0 saturated carbocycles. The largest absolute Gasteiger partial charge is 0.351 e. The first-order valence-corrected chi connectivity index (χ1v) is 12.8. The van der Waals surface area contributed by atoms with Crippen molar-refractivity contribution in [1.29, 1.82) is 0 Å². The van der Waals surface area contributed by atoms with Crippen molar-refractivity contribution in [3.63, 3.8) is 0 Å². The third kappa shape index (κ3) is 5.66. The van der Waals surface area contributed by atoms with Crippen molar-refractivity contribution >= 4 is 51.0 Å². The number of nitrogens with one attached hydrogen (secondary N) is 1. The van der Waals surface area contributed by atoms with E-state index in [0.717, 1.165) is 32.9 Å². The molecular weight excluding hydrogens is 446 g/mol. The number of amides is 1. The topological polar surface area (TPSA) is 72.7 Å². The van der Waals surface area contributed by atoms with E-state index in [2.05, 4.69) is 45.0 Å². The Morgan fingerprint density at radius 3 is 2.68 bits per heavy atom. The van der Waals surface area contributed by atoms with Gasteiger partial charge in [0.25, 0.3) is 0 Å². The van der Waals surface area contributed by atoms with Gasteiger partial charge in [0.15, 0.2) is 9.50 Å². The lowest BCUT2D eigenvalue weighted by atomic mass is 10.1. The number of aryl methyl sites for hydroxylation is 1. The molecule has 1 N–H and O–H groups in total. The molecule has 0 aliphatic heterocycles. The normalized spacial score (nSPS) is 11.2. The highest BCUT2D eigenvalue weighted by molar-refractivity contribution is 8.00. The summed E-state index contributed by atoms with van der Waals surface area (Å²) in [6, 6.07) is 16.3. The Morgan fingerprint density at radius 1 is 1.10 bits per heavy atom. The summed E-state index contributed by atoms with van der Waals surface area (Å²) in [6.07, 6.45) is 0. The van der Waals surface area contributed by atoms with Crippen LogP contribution in [-0.2, 0) is 23.6 Å². The molecule has 0 saturated heterocycles. The van der Waals surface area contributed by atoms with Gasteiger partial charge in [-0.1, -0.05) is 65.5 Å². The Balaban J connectivity index is 1.30. The molecule has 4 aromatic rings. The first kappa shape index (κ1) is 21.9. The van der Waals surface area contributed by atoms with Gasteiger partial charge in [0.1, 0.15) is 5.82 Å². The molecule has 31 heavy (non-hydrogen) atoms. The molecule has 0 spiro atoms. The highest BCUT2D eigenvalue weighted by atomic mass is 32.2. The zero-order chi connectivity index (χ0) is 21.6. The Kier molecular flexibility index (Phi) is 7.26. The SMILES string of the molecule is CCn1c(CSc2nc3ccccc3s2)nnc1SCC(=O)NCc1ccc(C)cc1. The van der Waals surface area contributed by atoms with Crippen molar-refractivity contribution in [1.82, 2.24) is 25.1 Å². The lowest BCUT2D eigenvalue weighted by Gasteiger charge is -2.07. The molecule has 0 atom stereocenters. The van der Waals surface area contributed by atoms with Crippen molar-refractivity contribution in [3.8, 4) is 0 Å². The fourth-order valence-corrected chi connectivity index (χ4v) is 5.84. The monoisotopic (exact) mass is 469 g/mol. The lowest BCUT2D eigenvalue weighted by molar-refractivity contribution is -0.118. The van der Waals surface area contributed by atoms with Crippen LogP contribution in [0.4, 0.5) is 0 Å². The van der Waals surface area contributed by atoms with Crippen LogP contribution in [0.25, 0.3) is 10.2 Å². The minimum absolute atomic E-state index is 0.0124. The van der Waals surface area contributed by atoms with Crippen molar-refractivity contribution in [2.24, 2.45) is 0 Å². The van der Waals surface area contributed by atoms with Gasteiger partial charge in [-0.2, -0.15) is 0 Å². The number of carbonyl (C=O) groups is 1. The minimum atomic E-state index is -0.0124. The molecule has 160 valence electrons. The van der Waals surface area contributed by atoms with Gasteiger partial charge in [-0.25, -0.2) is 4.98 Å². The van der Waals surface area contributed by atoms with Crippen molar-refractivity contribution in [3.05, 3.63) is 65.5 Å². The molecular formula is C22H23N5OS3. The summed E-state index contributed by atoms with van der Waals surface area (Å²) in [4.78, 5) is 16.9. The van der Waals surface area contributed by atoms with E-state index in [4.69, 9.17) is 0 Å². The zero-order valence-corrected chi connectivity index (χ0v) is 19.8. The number of thioether (sulfide) groups is 2. The summed E-state index contributed by atoms with van der Waals surface area (Å²) in [7, 11) is 0. The number of para-hydroxylation sites is 1. The smallest absolute Gasteiger partial charge is 0.230 e. The first-order chi connectivity index (χ1) is 15.1. The second-order valence-corrected chi connectivity index (χ2v) is 10.1. The van der Waals surface area contributed by atoms with E-state index in [0.29, 0.717) is 18.1 Å². The third-order valence-electron chi connectivity index (χ3n) is 4.65. The summed E-state index contributed by atoms with van der Waals surface area (Å²) in [5, 5.41) is 12.4.